The molecule has 0 saturated carbocycles. The van der Waals surface area contributed by atoms with E-state index in [1.54, 1.807) is 30.3 Å². The molecular formula is C22H21ClN4O3. The molecule has 2 aromatic carbocycles. The maximum atomic E-state index is 12.4. The highest BCUT2D eigenvalue weighted by Crippen LogP contribution is 2.20. The van der Waals surface area contributed by atoms with Crippen molar-refractivity contribution < 1.29 is 9.59 Å². The SMILES string of the molecule is Cc1ccc(NC(=O)c2ccc(=O)n(CCC(=O)Nc3cc(Cl)ccc3C)n2)cc1. The van der Waals surface area contributed by atoms with E-state index in [0.29, 0.717) is 16.4 Å². The number of hydrogen-bond donors (Lipinski definition) is 2. The molecule has 0 aliphatic carbocycles. The van der Waals surface area contributed by atoms with Crippen LogP contribution in [-0.2, 0) is 11.3 Å². The summed E-state index contributed by atoms with van der Waals surface area (Å²) in [5, 5.41) is 10.1. The van der Waals surface area contributed by atoms with Crippen molar-refractivity contribution in [1.29, 1.82) is 0 Å². The number of nitrogens with one attached hydrogen (secondary N) is 2. The van der Waals surface area contributed by atoms with Crippen LogP contribution in [0.4, 0.5) is 11.4 Å². The number of benzene rings is 2. The summed E-state index contributed by atoms with van der Waals surface area (Å²) in [5.74, 6) is -0.727. The van der Waals surface area contributed by atoms with Crippen LogP contribution >= 0.6 is 11.6 Å². The summed E-state index contributed by atoms with van der Waals surface area (Å²) in [6.07, 6.45) is 0.0158. The van der Waals surface area contributed by atoms with Gasteiger partial charge in [0, 0.05) is 28.9 Å². The average Bonchev–Trinajstić information content (AvgIpc) is 2.71. The first-order chi connectivity index (χ1) is 14.3. The van der Waals surface area contributed by atoms with Gasteiger partial charge in [0.1, 0.15) is 5.69 Å². The van der Waals surface area contributed by atoms with Crippen molar-refractivity contribution in [3.8, 4) is 0 Å². The van der Waals surface area contributed by atoms with Crippen LogP contribution in [-0.4, -0.2) is 21.6 Å². The molecule has 1 heterocycles. The zero-order valence-corrected chi connectivity index (χ0v) is 17.4. The second kappa shape index (κ2) is 9.37. The summed E-state index contributed by atoms with van der Waals surface area (Å²) < 4.78 is 1.11. The number of hydrogen-bond acceptors (Lipinski definition) is 4. The summed E-state index contributed by atoms with van der Waals surface area (Å²) in [6, 6.07) is 15.2. The number of rotatable bonds is 6. The Balaban J connectivity index is 1.65. The maximum absolute atomic E-state index is 12.4. The molecular weight excluding hydrogens is 404 g/mol. The Kier molecular flexibility index (Phi) is 6.64. The molecule has 0 atom stereocenters. The molecule has 0 bridgehead atoms. The van der Waals surface area contributed by atoms with Gasteiger partial charge >= 0.3 is 0 Å². The van der Waals surface area contributed by atoms with Crippen molar-refractivity contribution in [3.63, 3.8) is 0 Å². The molecule has 0 unspecified atom stereocenters. The second-order valence-corrected chi connectivity index (χ2v) is 7.29. The van der Waals surface area contributed by atoms with Gasteiger partial charge in [-0.05, 0) is 49.7 Å². The Labute approximate surface area is 178 Å². The summed E-state index contributed by atoms with van der Waals surface area (Å²) in [6.45, 7) is 3.84. The number of aryl methyl sites for hydroxylation is 3. The molecule has 3 rings (SSSR count). The van der Waals surface area contributed by atoms with E-state index < -0.39 is 11.5 Å². The fraction of sp³-hybridized carbons (Fsp3) is 0.182. The Hall–Kier alpha value is -3.45. The first-order valence-electron chi connectivity index (χ1n) is 9.34. The van der Waals surface area contributed by atoms with Crippen LogP contribution in [0, 0.1) is 13.8 Å². The number of halogens is 1. The van der Waals surface area contributed by atoms with Crippen molar-refractivity contribution in [3.05, 3.63) is 86.8 Å². The van der Waals surface area contributed by atoms with Crippen molar-refractivity contribution >= 4 is 34.8 Å². The Bertz CT molecular complexity index is 1140. The van der Waals surface area contributed by atoms with E-state index in [2.05, 4.69) is 15.7 Å². The lowest BCUT2D eigenvalue weighted by atomic mass is 10.2. The third-order valence-corrected chi connectivity index (χ3v) is 4.67. The fourth-order valence-corrected chi connectivity index (χ4v) is 2.88. The largest absolute Gasteiger partial charge is 0.326 e. The summed E-state index contributed by atoms with van der Waals surface area (Å²) in [5.41, 5.74) is 2.87. The molecule has 2 N–H and O–H groups in total. The quantitative estimate of drug-likeness (QED) is 0.629. The third kappa shape index (κ3) is 5.55. The lowest BCUT2D eigenvalue weighted by molar-refractivity contribution is -0.116. The van der Waals surface area contributed by atoms with E-state index in [0.717, 1.165) is 15.8 Å². The number of carbonyl (C=O) groups excluding carboxylic acids is 2. The summed E-state index contributed by atoms with van der Waals surface area (Å²) >= 11 is 5.96. The molecule has 0 saturated heterocycles. The van der Waals surface area contributed by atoms with Gasteiger partial charge in [-0.2, -0.15) is 5.10 Å². The van der Waals surface area contributed by atoms with Gasteiger partial charge in [-0.1, -0.05) is 35.4 Å². The minimum absolute atomic E-state index is 0.0158. The zero-order valence-electron chi connectivity index (χ0n) is 16.6. The van der Waals surface area contributed by atoms with Crippen molar-refractivity contribution in [2.24, 2.45) is 0 Å². The summed E-state index contributed by atoms with van der Waals surface area (Å²) in [4.78, 5) is 36.8. The van der Waals surface area contributed by atoms with Gasteiger partial charge in [0.25, 0.3) is 11.5 Å². The van der Waals surface area contributed by atoms with E-state index in [1.165, 1.54) is 12.1 Å². The Morgan fingerprint density at radius 3 is 2.47 bits per heavy atom. The highest BCUT2D eigenvalue weighted by Gasteiger charge is 2.12. The topological polar surface area (TPSA) is 93.1 Å². The molecule has 0 aliphatic heterocycles. The zero-order chi connectivity index (χ0) is 21.7. The molecule has 2 amide bonds. The van der Waals surface area contributed by atoms with E-state index >= 15 is 0 Å². The van der Waals surface area contributed by atoms with E-state index in [-0.39, 0.29) is 24.6 Å². The monoisotopic (exact) mass is 424 g/mol. The molecule has 7 nitrogen and oxygen atoms in total. The fourth-order valence-electron chi connectivity index (χ4n) is 2.71. The van der Waals surface area contributed by atoms with Crippen LogP contribution in [0.2, 0.25) is 5.02 Å². The average molecular weight is 425 g/mol. The van der Waals surface area contributed by atoms with Gasteiger partial charge in [0.05, 0.1) is 6.54 Å². The first kappa shape index (κ1) is 21.3. The van der Waals surface area contributed by atoms with Crippen molar-refractivity contribution in [1.82, 2.24) is 9.78 Å². The molecule has 30 heavy (non-hydrogen) atoms. The Morgan fingerprint density at radius 1 is 1.00 bits per heavy atom. The van der Waals surface area contributed by atoms with Crippen LogP contribution in [0.25, 0.3) is 0 Å². The van der Waals surface area contributed by atoms with E-state index in [4.69, 9.17) is 11.6 Å². The van der Waals surface area contributed by atoms with Gasteiger partial charge in [0.15, 0.2) is 0 Å². The molecule has 8 heteroatoms. The van der Waals surface area contributed by atoms with Gasteiger partial charge in [0.2, 0.25) is 5.91 Å². The predicted molar refractivity (Wildman–Crippen MR) is 117 cm³/mol. The highest BCUT2D eigenvalue weighted by molar-refractivity contribution is 6.31. The van der Waals surface area contributed by atoms with Crippen molar-refractivity contribution in [2.45, 2.75) is 26.8 Å². The number of carbonyl (C=O) groups is 2. The van der Waals surface area contributed by atoms with Gasteiger partial charge in [-0.25, -0.2) is 4.68 Å². The highest BCUT2D eigenvalue weighted by atomic mass is 35.5. The number of anilines is 2. The molecule has 0 spiro atoms. The lowest BCUT2D eigenvalue weighted by Crippen LogP contribution is -2.28. The maximum Gasteiger partial charge on any atom is 0.276 e. The predicted octanol–water partition coefficient (Wildman–Crippen LogP) is 3.79. The van der Waals surface area contributed by atoms with Crippen LogP contribution in [0.1, 0.15) is 28.0 Å². The second-order valence-electron chi connectivity index (χ2n) is 6.86. The van der Waals surface area contributed by atoms with E-state index in [1.807, 2.05) is 26.0 Å². The van der Waals surface area contributed by atoms with Crippen LogP contribution in [0.15, 0.2) is 59.4 Å². The standard InChI is InChI=1S/C22H21ClN4O3/c1-14-3-7-17(8-4-14)24-22(30)18-9-10-21(29)27(26-18)12-11-20(28)25-19-13-16(23)6-5-15(19)2/h3-10,13H,11-12H2,1-2H3,(H,24,30)(H,25,28). The van der Waals surface area contributed by atoms with Gasteiger partial charge < -0.3 is 10.6 Å². The summed E-state index contributed by atoms with van der Waals surface area (Å²) in [7, 11) is 0. The van der Waals surface area contributed by atoms with Crippen LogP contribution in [0.3, 0.4) is 0 Å². The molecule has 0 radical (unpaired) electrons. The number of amides is 2. The smallest absolute Gasteiger partial charge is 0.276 e. The minimum Gasteiger partial charge on any atom is -0.326 e. The number of aromatic nitrogens is 2. The van der Waals surface area contributed by atoms with Gasteiger partial charge in [-0.15, -0.1) is 0 Å². The molecule has 154 valence electrons. The molecule has 3 aromatic rings. The molecule has 0 aliphatic rings. The molecule has 0 fully saturated rings. The van der Waals surface area contributed by atoms with Gasteiger partial charge in [-0.3, -0.25) is 14.4 Å². The van der Waals surface area contributed by atoms with Crippen LogP contribution in [0.5, 0.6) is 0 Å². The van der Waals surface area contributed by atoms with Crippen LogP contribution < -0.4 is 16.2 Å². The van der Waals surface area contributed by atoms with E-state index in [9.17, 15) is 14.4 Å². The normalized spacial score (nSPS) is 10.5. The first-order valence-corrected chi connectivity index (χ1v) is 9.72. The lowest BCUT2D eigenvalue weighted by Gasteiger charge is -2.10. The number of nitrogens with zero attached hydrogens (tertiary/aromatic N) is 2. The third-order valence-electron chi connectivity index (χ3n) is 4.43. The molecule has 1 aromatic heterocycles. The Morgan fingerprint density at radius 2 is 1.73 bits per heavy atom. The van der Waals surface area contributed by atoms with Crippen molar-refractivity contribution in [2.75, 3.05) is 10.6 Å². The minimum atomic E-state index is -0.438.